The highest BCUT2D eigenvalue weighted by atomic mass is 35.5. The second-order valence-electron chi connectivity index (χ2n) is 5.36. The molecule has 0 aliphatic rings. The Hall–Kier alpha value is -2.11. The summed E-state index contributed by atoms with van der Waals surface area (Å²) < 4.78 is 1.50. The average Bonchev–Trinajstić information content (AvgIpc) is 2.53. The Kier molecular flexibility index (Phi) is 5.96. The maximum atomic E-state index is 12.0. The van der Waals surface area contributed by atoms with Gasteiger partial charge in [0, 0.05) is 17.3 Å². The molecule has 1 aromatic heterocycles. The third-order valence-electron chi connectivity index (χ3n) is 3.49. The highest BCUT2D eigenvalue weighted by Gasteiger charge is 2.13. The summed E-state index contributed by atoms with van der Waals surface area (Å²) in [5.41, 5.74) is 6.99. The van der Waals surface area contributed by atoms with E-state index in [0.717, 1.165) is 12.0 Å². The van der Waals surface area contributed by atoms with Crippen molar-refractivity contribution in [2.24, 2.45) is 5.73 Å². The molecule has 122 valence electrons. The zero-order valence-corrected chi connectivity index (χ0v) is 13.7. The van der Waals surface area contributed by atoms with E-state index in [1.54, 1.807) is 18.3 Å². The molecule has 23 heavy (non-hydrogen) atoms. The molecule has 0 radical (unpaired) electrons. The van der Waals surface area contributed by atoms with Crippen molar-refractivity contribution in [1.29, 1.82) is 0 Å². The Bertz CT molecular complexity index is 743. The Labute approximate surface area is 140 Å². The molecule has 0 saturated heterocycles. The van der Waals surface area contributed by atoms with Gasteiger partial charge in [-0.25, -0.2) is 0 Å². The number of halogens is 1. The molecule has 0 aliphatic heterocycles. The zero-order valence-electron chi connectivity index (χ0n) is 13.0. The molecule has 0 spiro atoms. The Morgan fingerprint density at radius 3 is 2.74 bits per heavy atom. The van der Waals surface area contributed by atoms with E-state index in [2.05, 4.69) is 5.32 Å². The monoisotopic (exact) mass is 333 g/mol. The van der Waals surface area contributed by atoms with E-state index in [1.165, 1.54) is 10.6 Å². The fraction of sp³-hybridized carbons (Fsp3) is 0.294. The summed E-state index contributed by atoms with van der Waals surface area (Å²) in [6, 6.07) is 9.76. The van der Waals surface area contributed by atoms with Gasteiger partial charge in [-0.05, 0) is 24.1 Å². The number of nitrogens with two attached hydrogens (primary N) is 1. The summed E-state index contributed by atoms with van der Waals surface area (Å²) in [5, 5.41) is 3.33. The first kappa shape index (κ1) is 17.2. The van der Waals surface area contributed by atoms with Gasteiger partial charge in [-0.15, -0.1) is 0 Å². The number of pyridine rings is 1. The first-order valence-corrected chi connectivity index (χ1v) is 7.89. The smallest absolute Gasteiger partial charge is 0.250 e. The lowest BCUT2D eigenvalue weighted by atomic mass is 10.1. The van der Waals surface area contributed by atoms with Crippen molar-refractivity contribution in [3.63, 3.8) is 0 Å². The number of rotatable bonds is 6. The van der Waals surface area contributed by atoms with Crippen LogP contribution in [0.1, 0.15) is 25.3 Å². The van der Waals surface area contributed by atoms with Crippen LogP contribution in [0.5, 0.6) is 0 Å². The molecule has 1 aromatic carbocycles. The maximum absolute atomic E-state index is 12.0. The Morgan fingerprint density at radius 2 is 2.04 bits per heavy atom. The molecule has 1 unspecified atom stereocenters. The number of hydrogen-bond donors (Lipinski definition) is 2. The van der Waals surface area contributed by atoms with Gasteiger partial charge < -0.3 is 15.6 Å². The number of benzene rings is 1. The number of carbonyl (C=O) groups excluding carboxylic acids is 1. The van der Waals surface area contributed by atoms with Gasteiger partial charge in [0.25, 0.3) is 5.56 Å². The molecule has 1 amide bonds. The molecule has 0 fully saturated rings. The van der Waals surface area contributed by atoms with E-state index < -0.39 is 6.04 Å². The molecule has 3 N–H and O–H groups in total. The summed E-state index contributed by atoms with van der Waals surface area (Å²) in [4.78, 5) is 24.0. The molecule has 2 aromatic rings. The summed E-state index contributed by atoms with van der Waals surface area (Å²) in [6.07, 6.45) is 3.05. The van der Waals surface area contributed by atoms with Gasteiger partial charge in [0.05, 0.1) is 18.3 Å². The number of carbonyl (C=O) groups is 1. The van der Waals surface area contributed by atoms with Crippen LogP contribution < -0.4 is 16.6 Å². The van der Waals surface area contributed by atoms with Crippen LogP contribution in [0.4, 0.5) is 5.69 Å². The van der Waals surface area contributed by atoms with E-state index in [4.69, 9.17) is 17.3 Å². The normalized spacial score (nSPS) is 12.0. The standard InChI is InChI=1S/C17H20ClN3O2/c1-2-5-15(19)17(23)20-13-8-9-16(22)21(11-13)10-12-6-3-4-7-14(12)18/h3-4,6-9,11,15H,2,5,10,19H2,1H3,(H,20,23). The number of nitrogens with one attached hydrogen (secondary N) is 1. The predicted octanol–water partition coefficient (Wildman–Crippen LogP) is 2.62. The summed E-state index contributed by atoms with van der Waals surface area (Å²) in [6.45, 7) is 2.31. The fourth-order valence-electron chi connectivity index (χ4n) is 2.22. The van der Waals surface area contributed by atoms with Crippen molar-refractivity contribution in [3.8, 4) is 0 Å². The van der Waals surface area contributed by atoms with E-state index in [0.29, 0.717) is 23.7 Å². The van der Waals surface area contributed by atoms with E-state index in [9.17, 15) is 9.59 Å². The van der Waals surface area contributed by atoms with Crippen LogP contribution in [0.15, 0.2) is 47.4 Å². The van der Waals surface area contributed by atoms with Gasteiger partial charge >= 0.3 is 0 Å². The van der Waals surface area contributed by atoms with Gasteiger partial charge in [-0.3, -0.25) is 9.59 Å². The van der Waals surface area contributed by atoms with Crippen LogP contribution in [0, 0.1) is 0 Å². The highest BCUT2D eigenvalue weighted by molar-refractivity contribution is 6.31. The lowest BCUT2D eigenvalue weighted by Crippen LogP contribution is -2.35. The minimum atomic E-state index is -0.552. The molecule has 0 saturated carbocycles. The second-order valence-corrected chi connectivity index (χ2v) is 5.77. The van der Waals surface area contributed by atoms with Gasteiger partial charge in [-0.2, -0.15) is 0 Å². The molecule has 1 heterocycles. The number of anilines is 1. The second kappa shape index (κ2) is 7.94. The molecular formula is C17H20ClN3O2. The quantitative estimate of drug-likeness (QED) is 0.853. The minimum absolute atomic E-state index is 0.166. The van der Waals surface area contributed by atoms with Crippen molar-refractivity contribution >= 4 is 23.2 Å². The number of aromatic nitrogens is 1. The fourth-order valence-corrected chi connectivity index (χ4v) is 2.41. The lowest BCUT2D eigenvalue weighted by molar-refractivity contribution is -0.117. The molecular weight excluding hydrogens is 314 g/mol. The van der Waals surface area contributed by atoms with Crippen LogP contribution in [-0.2, 0) is 11.3 Å². The van der Waals surface area contributed by atoms with Crippen molar-refractivity contribution in [3.05, 3.63) is 63.5 Å². The molecule has 5 nitrogen and oxygen atoms in total. The van der Waals surface area contributed by atoms with Gasteiger partial charge in [0.2, 0.25) is 5.91 Å². The van der Waals surface area contributed by atoms with Crippen LogP contribution >= 0.6 is 11.6 Å². The Morgan fingerprint density at radius 1 is 1.30 bits per heavy atom. The first-order valence-electron chi connectivity index (χ1n) is 7.51. The van der Waals surface area contributed by atoms with Crippen LogP contribution in [-0.4, -0.2) is 16.5 Å². The highest BCUT2D eigenvalue weighted by Crippen LogP contribution is 2.16. The van der Waals surface area contributed by atoms with E-state index >= 15 is 0 Å². The SMILES string of the molecule is CCCC(N)C(=O)Nc1ccc(=O)n(Cc2ccccc2Cl)c1. The number of hydrogen-bond acceptors (Lipinski definition) is 3. The summed E-state index contributed by atoms with van der Waals surface area (Å²) in [7, 11) is 0. The predicted molar refractivity (Wildman–Crippen MR) is 92.8 cm³/mol. The summed E-state index contributed by atoms with van der Waals surface area (Å²) in [5.74, 6) is -0.255. The zero-order chi connectivity index (χ0) is 16.8. The van der Waals surface area contributed by atoms with Gasteiger partial charge in [-0.1, -0.05) is 43.1 Å². The number of nitrogens with zero attached hydrogens (tertiary/aromatic N) is 1. The van der Waals surface area contributed by atoms with E-state index in [-0.39, 0.29) is 11.5 Å². The first-order chi connectivity index (χ1) is 11.0. The van der Waals surface area contributed by atoms with Gasteiger partial charge in [0.1, 0.15) is 0 Å². The number of amides is 1. The molecule has 1 atom stereocenters. The van der Waals surface area contributed by atoms with E-state index in [1.807, 2.05) is 25.1 Å². The largest absolute Gasteiger partial charge is 0.323 e. The molecule has 0 aliphatic carbocycles. The summed E-state index contributed by atoms with van der Waals surface area (Å²) >= 11 is 6.13. The van der Waals surface area contributed by atoms with Crippen LogP contribution in [0.25, 0.3) is 0 Å². The molecule has 2 rings (SSSR count). The lowest BCUT2D eigenvalue weighted by Gasteiger charge is -2.13. The average molecular weight is 334 g/mol. The van der Waals surface area contributed by atoms with Gasteiger partial charge in [0.15, 0.2) is 0 Å². The van der Waals surface area contributed by atoms with Crippen molar-refractivity contribution in [2.45, 2.75) is 32.4 Å². The van der Waals surface area contributed by atoms with Crippen LogP contribution in [0.2, 0.25) is 5.02 Å². The Balaban J connectivity index is 2.18. The third-order valence-corrected chi connectivity index (χ3v) is 3.85. The minimum Gasteiger partial charge on any atom is -0.323 e. The topological polar surface area (TPSA) is 77.1 Å². The molecule has 6 heteroatoms. The van der Waals surface area contributed by atoms with Crippen molar-refractivity contribution < 1.29 is 4.79 Å². The van der Waals surface area contributed by atoms with Crippen molar-refractivity contribution in [1.82, 2.24) is 4.57 Å². The molecule has 0 bridgehead atoms. The van der Waals surface area contributed by atoms with Crippen LogP contribution in [0.3, 0.4) is 0 Å². The van der Waals surface area contributed by atoms with Crippen molar-refractivity contribution in [2.75, 3.05) is 5.32 Å². The maximum Gasteiger partial charge on any atom is 0.250 e. The third kappa shape index (κ3) is 4.68.